The lowest BCUT2D eigenvalue weighted by molar-refractivity contribution is -0.140. The molecule has 0 saturated carbocycles. The van der Waals surface area contributed by atoms with E-state index in [1.54, 1.807) is 0 Å². The van der Waals surface area contributed by atoms with E-state index in [1.165, 1.54) is 0 Å². The van der Waals surface area contributed by atoms with E-state index in [0.717, 1.165) is 0 Å². The van der Waals surface area contributed by atoms with Crippen molar-refractivity contribution in [2.24, 2.45) is 0 Å². The van der Waals surface area contributed by atoms with E-state index >= 15 is 0 Å². The van der Waals surface area contributed by atoms with Crippen LogP contribution in [-0.2, 0) is 6.18 Å². The van der Waals surface area contributed by atoms with Gasteiger partial charge in [0.15, 0.2) is 0 Å². The third-order valence-corrected chi connectivity index (χ3v) is 1.40. The highest BCUT2D eigenvalue weighted by molar-refractivity contribution is 5.24. The van der Waals surface area contributed by atoms with Crippen molar-refractivity contribution in [1.29, 1.82) is 0 Å². The smallest absolute Gasteiger partial charge is 0.218 e. The van der Waals surface area contributed by atoms with Gasteiger partial charge in [0, 0.05) is 0 Å². The van der Waals surface area contributed by atoms with Crippen LogP contribution in [0.15, 0.2) is 12.1 Å². The molecule has 0 aliphatic heterocycles. The van der Waals surface area contributed by atoms with Gasteiger partial charge in [-0.05, 0) is 12.1 Å². The van der Waals surface area contributed by atoms with E-state index in [2.05, 4.69) is 4.98 Å². The summed E-state index contributed by atoms with van der Waals surface area (Å²) in [6.45, 7) is 0. The average Bonchev–Trinajstić information content (AvgIpc) is 2.01. The maximum absolute atomic E-state index is 12.3. The van der Waals surface area contributed by atoms with Crippen molar-refractivity contribution in [3.8, 4) is 0 Å². The molecule has 0 aromatic carbocycles. The summed E-state index contributed by atoms with van der Waals surface area (Å²) in [5, 5.41) is 0. The molecule has 0 spiro atoms. The van der Waals surface area contributed by atoms with Gasteiger partial charge in [-0.25, -0.2) is 13.8 Å². The Kier molecular flexibility index (Phi) is 2.68. The Morgan fingerprint density at radius 2 is 1.71 bits per heavy atom. The fourth-order valence-corrected chi connectivity index (χ4v) is 0.856. The molecular weight excluding hydrogens is 212 g/mol. The molecule has 0 atom stereocenters. The Balaban J connectivity index is 3.29. The van der Waals surface area contributed by atoms with Crippen LogP contribution in [0.25, 0.3) is 0 Å². The number of hydrogen-bond donors (Lipinski definition) is 0. The van der Waals surface area contributed by atoms with Crippen LogP contribution in [0.4, 0.5) is 26.3 Å². The lowest BCUT2D eigenvalue weighted by Crippen LogP contribution is -2.11. The molecule has 14 heavy (non-hydrogen) atoms. The number of pyridine rings is 1. The molecule has 0 unspecified atom stereocenters. The van der Waals surface area contributed by atoms with Crippen molar-refractivity contribution in [3.63, 3.8) is 0 Å². The summed E-state index contributed by atoms with van der Waals surface area (Å²) in [6, 6.07) is 0.624. The topological polar surface area (TPSA) is 12.9 Å². The van der Waals surface area contributed by atoms with Crippen LogP contribution in [-0.4, -0.2) is 4.98 Å². The van der Waals surface area contributed by atoms with Gasteiger partial charge in [-0.2, -0.15) is 17.6 Å². The largest absolute Gasteiger partial charge is 0.418 e. The lowest BCUT2D eigenvalue weighted by Gasteiger charge is -2.10. The molecule has 78 valence electrons. The number of alkyl halides is 5. The lowest BCUT2D eigenvalue weighted by atomic mass is 10.2. The molecule has 1 aromatic rings. The fraction of sp³-hybridized carbons (Fsp3) is 0.286. The maximum atomic E-state index is 12.3. The fourth-order valence-electron chi connectivity index (χ4n) is 0.856. The second-order valence-electron chi connectivity index (χ2n) is 2.37. The van der Waals surface area contributed by atoms with Crippen LogP contribution in [0.1, 0.15) is 17.7 Å². The van der Waals surface area contributed by atoms with Gasteiger partial charge >= 0.3 is 6.18 Å². The van der Waals surface area contributed by atoms with E-state index in [0.29, 0.717) is 6.07 Å². The van der Waals surface area contributed by atoms with E-state index in [4.69, 9.17) is 0 Å². The minimum absolute atomic E-state index is 0.240. The van der Waals surface area contributed by atoms with E-state index in [1.807, 2.05) is 0 Å². The Hall–Kier alpha value is -1.27. The predicted molar refractivity (Wildman–Crippen MR) is 34.2 cm³/mol. The molecule has 0 fully saturated rings. The van der Waals surface area contributed by atoms with Crippen LogP contribution < -0.4 is 0 Å². The van der Waals surface area contributed by atoms with Gasteiger partial charge in [0.05, 0.1) is 5.56 Å². The first-order valence-corrected chi connectivity index (χ1v) is 3.34. The van der Waals surface area contributed by atoms with E-state index < -0.39 is 29.8 Å². The Labute approximate surface area is 74.4 Å². The monoisotopic (exact) mass is 215 g/mol. The molecule has 0 aliphatic carbocycles. The molecule has 0 aliphatic rings. The van der Waals surface area contributed by atoms with Gasteiger partial charge < -0.3 is 0 Å². The van der Waals surface area contributed by atoms with Crippen molar-refractivity contribution in [2.45, 2.75) is 12.6 Å². The summed E-state index contributed by atoms with van der Waals surface area (Å²) in [4.78, 5) is 2.50. The molecule has 1 nitrogen and oxygen atoms in total. The zero-order chi connectivity index (χ0) is 10.9. The van der Waals surface area contributed by atoms with Crippen LogP contribution in [0.2, 0.25) is 0 Å². The maximum Gasteiger partial charge on any atom is 0.418 e. The highest BCUT2D eigenvalue weighted by Crippen LogP contribution is 2.35. The van der Waals surface area contributed by atoms with Crippen LogP contribution in [0.5, 0.6) is 0 Å². The molecule has 0 radical (unpaired) electrons. The first kappa shape index (κ1) is 10.8. The first-order chi connectivity index (χ1) is 6.32. The quantitative estimate of drug-likeness (QED) is 0.517. The van der Waals surface area contributed by atoms with Crippen LogP contribution >= 0.6 is 0 Å². The average molecular weight is 215 g/mol. The van der Waals surface area contributed by atoms with Crippen molar-refractivity contribution >= 4 is 0 Å². The summed E-state index contributed by atoms with van der Waals surface area (Å²) in [5.74, 6) is -1.37. The number of aromatic nitrogens is 1. The zero-order valence-electron chi connectivity index (χ0n) is 6.45. The van der Waals surface area contributed by atoms with Crippen molar-refractivity contribution in [1.82, 2.24) is 4.98 Å². The van der Waals surface area contributed by atoms with Crippen LogP contribution in [0, 0.1) is 5.95 Å². The first-order valence-electron chi connectivity index (χ1n) is 3.34. The minimum atomic E-state index is -4.95. The highest BCUT2D eigenvalue weighted by atomic mass is 19.4. The second kappa shape index (κ2) is 3.47. The third kappa shape index (κ3) is 2.15. The van der Waals surface area contributed by atoms with E-state index in [-0.39, 0.29) is 6.07 Å². The molecule has 1 rings (SSSR count). The molecule has 0 bridgehead atoms. The normalized spacial score (nSPS) is 12.2. The molecule has 0 amide bonds. The molecule has 0 N–H and O–H groups in total. The van der Waals surface area contributed by atoms with Gasteiger partial charge in [0.25, 0.3) is 6.43 Å². The Morgan fingerprint density at radius 3 is 2.14 bits per heavy atom. The minimum Gasteiger partial charge on any atom is -0.218 e. The van der Waals surface area contributed by atoms with Crippen LogP contribution in [0.3, 0.4) is 0 Å². The Bertz CT molecular complexity index is 331. The van der Waals surface area contributed by atoms with Crippen molar-refractivity contribution < 1.29 is 26.3 Å². The third-order valence-electron chi connectivity index (χ3n) is 1.40. The standard InChI is InChI=1S/C7H3F6N/c8-4-2-1-3(7(11,12)13)5(14-4)6(9)10/h1-2,6H. The molecular formula is C7H3F6N. The highest BCUT2D eigenvalue weighted by Gasteiger charge is 2.36. The predicted octanol–water partition coefficient (Wildman–Crippen LogP) is 3.18. The molecule has 0 saturated heterocycles. The van der Waals surface area contributed by atoms with Crippen molar-refractivity contribution in [3.05, 3.63) is 29.3 Å². The summed E-state index contributed by atoms with van der Waals surface area (Å²) in [7, 11) is 0. The van der Waals surface area contributed by atoms with Gasteiger partial charge in [0.2, 0.25) is 5.95 Å². The van der Waals surface area contributed by atoms with Gasteiger partial charge in [-0.1, -0.05) is 0 Å². The van der Waals surface area contributed by atoms with Gasteiger partial charge in [-0.15, -0.1) is 0 Å². The number of nitrogens with zero attached hydrogens (tertiary/aromatic N) is 1. The van der Waals surface area contributed by atoms with Gasteiger partial charge in [0.1, 0.15) is 5.69 Å². The van der Waals surface area contributed by atoms with E-state index in [9.17, 15) is 26.3 Å². The number of rotatable bonds is 1. The van der Waals surface area contributed by atoms with Crippen molar-refractivity contribution in [2.75, 3.05) is 0 Å². The zero-order valence-corrected chi connectivity index (χ0v) is 6.45. The summed E-state index contributed by atoms with van der Waals surface area (Å²) in [5.41, 5.74) is -3.20. The molecule has 1 heterocycles. The Morgan fingerprint density at radius 1 is 1.14 bits per heavy atom. The summed E-state index contributed by atoms with van der Waals surface area (Å²) >= 11 is 0. The number of hydrogen-bond acceptors (Lipinski definition) is 1. The summed E-state index contributed by atoms with van der Waals surface area (Å²) in [6.07, 6.45) is -8.41. The molecule has 1 aromatic heterocycles. The van der Waals surface area contributed by atoms with Gasteiger partial charge in [-0.3, -0.25) is 0 Å². The second-order valence-corrected chi connectivity index (χ2v) is 2.37. The SMILES string of the molecule is Fc1ccc(C(F)(F)F)c(C(F)F)n1. The number of halogens is 6. The molecule has 7 heteroatoms. The summed E-state index contributed by atoms with van der Waals surface area (Å²) < 4.78 is 72.4.